The topological polar surface area (TPSA) is 49.8 Å². The van der Waals surface area contributed by atoms with Crippen molar-refractivity contribution in [1.29, 1.82) is 0 Å². The van der Waals surface area contributed by atoms with E-state index in [0.717, 1.165) is 10.0 Å². The number of ether oxygens (including phenoxy) is 1. The van der Waals surface area contributed by atoms with Gasteiger partial charge in [0.2, 0.25) is 0 Å². The van der Waals surface area contributed by atoms with Crippen molar-refractivity contribution >= 4 is 33.5 Å². The number of nitrogens with zero attached hydrogens (tertiary/aromatic N) is 1. The first-order valence-electron chi connectivity index (χ1n) is 5.40. The van der Waals surface area contributed by atoms with E-state index in [1.165, 1.54) is 0 Å². The van der Waals surface area contributed by atoms with Gasteiger partial charge < -0.3 is 9.84 Å². The molecule has 0 aromatic heterocycles. The van der Waals surface area contributed by atoms with E-state index < -0.39 is 5.97 Å². The fraction of sp³-hybridized carbons (Fsp3) is 0.417. The van der Waals surface area contributed by atoms with Gasteiger partial charge in [0.1, 0.15) is 0 Å². The van der Waals surface area contributed by atoms with E-state index >= 15 is 0 Å². The van der Waals surface area contributed by atoms with Crippen molar-refractivity contribution in [2.75, 3.05) is 26.8 Å². The van der Waals surface area contributed by atoms with Crippen LogP contribution < -0.4 is 0 Å². The average molecular weight is 337 g/mol. The van der Waals surface area contributed by atoms with Crippen molar-refractivity contribution in [3.63, 3.8) is 0 Å². The van der Waals surface area contributed by atoms with Gasteiger partial charge in [0.15, 0.2) is 0 Å². The maximum atomic E-state index is 10.8. The second-order valence-corrected chi connectivity index (χ2v) is 5.11. The summed E-state index contributed by atoms with van der Waals surface area (Å²) in [5.41, 5.74) is 0.973. The first-order chi connectivity index (χ1) is 8.52. The van der Waals surface area contributed by atoms with Crippen molar-refractivity contribution in [1.82, 2.24) is 4.90 Å². The molecule has 0 radical (unpaired) electrons. The van der Waals surface area contributed by atoms with Crippen LogP contribution in [0.2, 0.25) is 5.02 Å². The molecule has 0 saturated carbocycles. The molecule has 0 fully saturated rings. The van der Waals surface area contributed by atoms with E-state index in [2.05, 4.69) is 15.9 Å². The number of rotatable bonds is 7. The number of carboxylic acids is 1. The molecule has 0 saturated heterocycles. The predicted molar refractivity (Wildman–Crippen MR) is 73.9 cm³/mol. The highest BCUT2D eigenvalue weighted by molar-refractivity contribution is 9.10. The van der Waals surface area contributed by atoms with Crippen LogP contribution in [0.5, 0.6) is 0 Å². The lowest BCUT2D eigenvalue weighted by atomic mass is 10.2. The first kappa shape index (κ1) is 15.4. The summed E-state index contributed by atoms with van der Waals surface area (Å²) >= 11 is 9.32. The number of halogens is 2. The molecule has 1 aromatic rings. The second kappa shape index (κ2) is 7.74. The Hall–Kier alpha value is -0.620. The van der Waals surface area contributed by atoms with Crippen molar-refractivity contribution in [3.05, 3.63) is 33.3 Å². The number of carboxylic acid groups (broad SMARTS) is 1. The van der Waals surface area contributed by atoms with Gasteiger partial charge >= 0.3 is 5.97 Å². The highest BCUT2D eigenvalue weighted by Crippen LogP contribution is 2.23. The van der Waals surface area contributed by atoms with Crippen molar-refractivity contribution in [3.8, 4) is 0 Å². The highest BCUT2D eigenvalue weighted by atomic mass is 79.9. The van der Waals surface area contributed by atoms with Crippen LogP contribution >= 0.6 is 27.5 Å². The Morgan fingerprint density at radius 1 is 1.56 bits per heavy atom. The van der Waals surface area contributed by atoms with Crippen LogP contribution in [0.1, 0.15) is 5.56 Å². The third kappa shape index (κ3) is 5.35. The van der Waals surface area contributed by atoms with Crippen molar-refractivity contribution in [2.24, 2.45) is 0 Å². The molecule has 4 nitrogen and oxygen atoms in total. The number of benzene rings is 1. The van der Waals surface area contributed by atoms with Gasteiger partial charge in [-0.3, -0.25) is 9.69 Å². The van der Waals surface area contributed by atoms with Gasteiger partial charge in [-0.1, -0.05) is 17.7 Å². The summed E-state index contributed by atoms with van der Waals surface area (Å²) in [5, 5.41) is 9.46. The van der Waals surface area contributed by atoms with E-state index in [1.54, 1.807) is 12.0 Å². The summed E-state index contributed by atoms with van der Waals surface area (Å²) in [6, 6.07) is 5.60. The van der Waals surface area contributed by atoms with Crippen LogP contribution in [0.4, 0.5) is 0 Å². The van der Waals surface area contributed by atoms with Crippen LogP contribution in [0.15, 0.2) is 22.7 Å². The highest BCUT2D eigenvalue weighted by Gasteiger charge is 2.10. The summed E-state index contributed by atoms with van der Waals surface area (Å²) in [5.74, 6) is -0.852. The molecule has 1 aromatic carbocycles. The number of carbonyl (C=O) groups is 1. The fourth-order valence-electron chi connectivity index (χ4n) is 1.52. The van der Waals surface area contributed by atoms with Gasteiger partial charge in [-0.25, -0.2) is 0 Å². The van der Waals surface area contributed by atoms with Crippen LogP contribution in [0.3, 0.4) is 0 Å². The molecule has 6 heteroatoms. The third-order valence-corrected chi connectivity index (χ3v) is 3.59. The summed E-state index contributed by atoms with van der Waals surface area (Å²) < 4.78 is 5.79. The first-order valence-corrected chi connectivity index (χ1v) is 6.57. The summed E-state index contributed by atoms with van der Waals surface area (Å²) in [6.45, 7) is 1.58. The Balaban J connectivity index is 2.68. The molecule has 0 amide bonds. The lowest BCUT2D eigenvalue weighted by Crippen LogP contribution is -2.32. The average Bonchev–Trinajstić information content (AvgIpc) is 2.30. The zero-order valence-electron chi connectivity index (χ0n) is 10.0. The number of methoxy groups -OCH3 is 1. The Morgan fingerprint density at radius 3 is 2.83 bits per heavy atom. The van der Waals surface area contributed by atoms with Crippen molar-refractivity contribution < 1.29 is 14.6 Å². The summed E-state index contributed by atoms with van der Waals surface area (Å²) in [7, 11) is 1.59. The number of aliphatic carboxylic acids is 1. The molecule has 0 aliphatic heterocycles. The maximum absolute atomic E-state index is 10.8. The lowest BCUT2D eigenvalue weighted by Gasteiger charge is -2.20. The minimum atomic E-state index is -0.852. The molecule has 0 heterocycles. The standard InChI is InChI=1S/C12H15BrClNO3/c1-18-5-4-15(8-12(16)17)7-9-2-3-10(13)11(14)6-9/h2-3,6H,4-5,7-8H2,1H3,(H,16,17). The van der Waals surface area contributed by atoms with Crippen LogP contribution in [-0.4, -0.2) is 42.8 Å². The van der Waals surface area contributed by atoms with Gasteiger partial charge in [-0.05, 0) is 33.6 Å². The normalized spacial score (nSPS) is 10.9. The molecule has 0 bridgehead atoms. The SMILES string of the molecule is COCCN(CC(=O)O)Cc1ccc(Br)c(Cl)c1. The molecule has 1 N–H and O–H groups in total. The molecule has 0 aliphatic rings. The van der Waals surface area contributed by atoms with Gasteiger partial charge in [-0.2, -0.15) is 0 Å². The van der Waals surface area contributed by atoms with E-state index in [9.17, 15) is 4.79 Å². The van der Waals surface area contributed by atoms with Crippen LogP contribution in [0.25, 0.3) is 0 Å². The Bertz CT molecular complexity index is 414. The monoisotopic (exact) mass is 335 g/mol. The molecule has 1 rings (SSSR count). The molecule has 0 unspecified atom stereocenters. The number of hydrogen-bond acceptors (Lipinski definition) is 3. The predicted octanol–water partition coefficient (Wildman–Crippen LogP) is 2.64. The Kier molecular flexibility index (Phi) is 6.63. The largest absolute Gasteiger partial charge is 0.480 e. The Morgan fingerprint density at radius 2 is 2.28 bits per heavy atom. The maximum Gasteiger partial charge on any atom is 0.317 e. The van der Waals surface area contributed by atoms with Gasteiger partial charge in [0.05, 0.1) is 18.2 Å². The van der Waals surface area contributed by atoms with E-state index in [4.69, 9.17) is 21.4 Å². The quantitative estimate of drug-likeness (QED) is 0.831. The molecule has 0 atom stereocenters. The van der Waals surface area contributed by atoms with Gasteiger partial charge in [0.25, 0.3) is 0 Å². The minimum absolute atomic E-state index is 0.0168. The summed E-state index contributed by atoms with van der Waals surface area (Å²) in [4.78, 5) is 12.6. The minimum Gasteiger partial charge on any atom is -0.480 e. The van der Waals surface area contributed by atoms with Crippen LogP contribution in [-0.2, 0) is 16.1 Å². The molecule has 0 aliphatic carbocycles. The molecule has 0 spiro atoms. The smallest absolute Gasteiger partial charge is 0.317 e. The van der Waals surface area contributed by atoms with Gasteiger partial charge in [0, 0.05) is 24.7 Å². The molecular formula is C12H15BrClNO3. The zero-order chi connectivity index (χ0) is 13.5. The van der Waals surface area contributed by atoms with Gasteiger partial charge in [-0.15, -0.1) is 0 Å². The number of hydrogen-bond donors (Lipinski definition) is 1. The van der Waals surface area contributed by atoms with Crippen LogP contribution in [0, 0.1) is 0 Å². The molecular weight excluding hydrogens is 321 g/mol. The Labute approximate surface area is 120 Å². The third-order valence-electron chi connectivity index (χ3n) is 2.36. The summed E-state index contributed by atoms with van der Waals surface area (Å²) in [6.07, 6.45) is 0. The fourth-order valence-corrected chi connectivity index (χ4v) is 1.97. The lowest BCUT2D eigenvalue weighted by molar-refractivity contribution is -0.138. The molecule has 18 heavy (non-hydrogen) atoms. The van der Waals surface area contributed by atoms with E-state index in [0.29, 0.717) is 24.7 Å². The zero-order valence-corrected chi connectivity index (χ0v) is 12.4. The van der Waals surface area contributed by atoms with Crippen molar-refractivity contribution in [2.45, 2.75) is 6.54 Å². The second-order valence-electron chi connectivity index (χ2n) is 3.85. The van der Waals surface area contributed by atoms with E-state index in [1.807, 2.05) is 18.2 Å². The molecule has 100 valence electrons. The van der Waals surface area contributed by atoms with E-state index in [-0.39, 0.29) is 6.54 Å².